The van der Waals surface area contributed by atoms with Crippen LogP contribution in [0.2, 0.25) is 0 Å². The molecule has 6 nitrogen and oxygen atoms in total. The molecule has 2 heterocycles. The van der Waals surface area contributed by atoms with Gasteiger partial charge in [0.15, 0.2) is 5.96 Å². The number of rotatable bonds is 7. The van der Waals surface area contributed by atoms with Gasteiger partial charge < -0.3 is 20.1 Å². The van der Waals surface area contributed by atoms with E-state index in [1.54, 1.807) is 0 Å². The van der Waals surface area contributed by atoms with Crippen molar-refractivity contribution in [2.24, 2.45) is 4.99 Å². The van der Waals surface area contributed by atoms with Crippen molar-refractivity contribution in [1.29, 1.82) is 0 Å². The average molecular weight is 335 g/mol. The summed E-state index contributed by atoms with van der Waals surface area (Å²) in [5.74, 6) is 1.84. The van der Waals surface area contributed by atoms with Gasteiger partial charge >= 0.3 is 0 Å². The van der Waals surface area contributed by atoms with Crippen LogP contribution in [0.1, 0.15) is 50.1 Å². The van der Waals surface area contributed by atoms with Crippen LogP contribution < -0.4 is 10.6 Å². The zero-order chi connectivity index (χ0) is 17.4. The van der Waals surface area contributed by atoms with Gasteiger partial charge in [0.25, 0.3) is 0 Å². The van der Waals surface area contributed by atoms with Gasteiger partial charge in [-0.05, 0) is 53.0 Å². The molecule has 1 aliphatic heterocycles. The van der Waals surface area contributed by atoms with E-state index in [0.29, 0.717) is 6.04 Å². The second kappa shape index (κ2) is 9.67. The smallest absolute Gasteiger partial charge is 0.191 e. The van der Waals surface area contributed by atoms with Crippen LogP contribution in [-0.4, -0.2) is 54.8 Å². The van der Waals surface area contributed by atoms with Crippen LogP contribution in [0.15, 0.2) is 9.52 Å². The highest BCUT2D eigenvalue weighted by molar-refractivity contribution is 5.80. The molecule has 1 fully saturated rings. The van der Waals surface area contributed by atoms with E-state index in [-0.39, 0.29) is 0 Å². The maximum absolute atomic E-state index is 5.22. The fraction of sp³-hybridized carbons (Fsp3) is 0.778. The molecule has 1 saturated heterocycles. The van der Waals surface area contributed by atoms with Crippen LogP contribution in [0.3, 0.4) is 0 Å². The molecule has 6 heteroatoms. The van der Waals surface area contributed by atoms with E-state index in [9.17, 15) is 0 Å². The summed E-state index contributed by atoms with van der Waals surface area (Å²) in [7, 11) is 0. The van der Waals surface area contributed by atoms with Crippen molar-refractivity contribution in [3.8, 4) is 0 Å². The Labute approximate surface area is 146 Å². The van der Waals surface area contributed by atoms with Crippen molar-refractivity contribution >= 4 is 5.96 Å². The first-order valence-electron chi connectivity index (χ1n) is 9.33. The van der Waals surface area contributed by atoms with E-state index in [1.165, 1.54) is 44.5 Å². The number of nitrogens with zero attached hydrogens (tertiary/aromatic N) is 3. The van der Waals surface area contributed by atoms with Crippen LogP contribution in [-0.2, 0) is 6.42 Å². The lowest BCUT2D eigenvalue weighted by Crippen LogP contribution is -2.48. The standard InChI is InChI=1S/C18H33N5O/c1-5-11-23-12-8-16(9-13-23)21-18(19-6-2)20-10-7-17-14(3)22-24-15(17)4/h16H,5-13H2,1-4H3,(H2,19,20,21). The first-order chi connectivity index (χ1) is 11.6. The molecule has 136 valence electrons. The van der Waals surface area contributed by atoms with Crippen LogP contribution in [0.5, 0.6) is 0 Å². The van der Waals surface area contributed by atoms with Crippen molar-refractivity contribution in [2.75, 3.05) is 32.7 Å². The van der Waals surface area contributed by atoms with Gasteiger partial charge in [-0.15, -0.1) is 0 Å². The molecule has 2 N–H and O–H groups in total. The number of aryl methyl sites for hydroxylation is 2. The Morgan fingerprint density at radius 1 is 1.29 bits per heavy atom. The normalized spacial score (nSPS) is 17.2. The van der Waals surface area contributed by atoms with Crippen molar-refractivity contribution in [2.45, 2.75) is 59.4 Å². The van der Waals surface area contributed by atoms with Crippen LogP contribution >= 0.6 is 0 Å². The largest absolute Gasteiger partial charge is 0.361 e. The molecule has 0 radical (unpaired) electrons. The first-order valence-corrected chi connectivity index (χ1v) is 9.33. The second-order valence-corrected chi connectivity index (χ2v) is 6.57. The molecule has 0 amide bonds. The van der Waals surface area contributed by atoms with E-state index < -0.39 is 0 Å². The van der Waals surface area contributed by atoms with E-state index in [4.69, 9.17) is 9.52 Å². The molecule has 1 aromatic heterocycles. The average Bonchev–Trinajstić information content (AvgIpc) is 2.89. The summed E-state index contributed by atoms with van der Waals surface area (Å²) in [5, 5.41) is 11.0. The monoisotopic (exact) mass is 335 g/mol. The fourth-order valence-electron chi connectivity index (χ4n) is 3.27. The molecule has 0 spiro atoms. The van der Waals surface area contributed by atoms with Crippen LogP contribution in [0, 0.1) is 13.8 Å². The zero-order valence-corrected chi connectivity index (χ0v) is 15.7. The molecule has 1 aliphatic rings. The van der Waals surface area contributed by atoms with Crippen molar-refractivity contribution in [3.63, 3.8) is 0 Å². The predicted octanol–water partition coefficient (Wildman–Crippen LogP) is 2.26. The maximum atomic E-state index is 5.22. The third-order valence-electron chi connectivity index (χ3n) is 4.63. The first kappa shape index (κ1) is 18.8. The summed E-state index contributed by atoms with van der Waals surface area (Å²) in [6.45, 7) is 13.5. The van der Waals surface area contributed by atoms with E-state index in [2.05, 4.69) is 34.5 Å². The molecular weight excluding hydrogens is 302 g/mol. The molecule has 0 aliphatic carbocycles. The quantitative estimate of drug-likeness (QED) is 0.591. The summed E-state index contributed by atoms with van der Waals surface area (Å²) >= 11 is 0. The summed E-state index contributed by atoms with van der Waals surface area (Å²) in [6, 6.07) is 0.523. The summed E-state index contributed by atoms with van der Waals surface area (Å²) in [4.78, 5) is 7.29. The molecule has 24 heavy (non-hydrogen) atoms. The van der Waals surface area contributed by atoms with Gasteiger partial charge in [0, 0.05) is 37.8 Å². The van der Waals surface area contributed by atoms with Gasteiger partial charge in [-0.25, -0.2) is 0 Å². The number of likely N-dealkylation sites (tertiary alicyclic amines) is 1. The lowest BCUT2D eigenvalue weighted by molar-refractivity contribution is 0.206. The Morgan fingerprint density at radius 3 is 2.62 bits per heavy atom. The topological polar surface area (TPSA) is 65.7 Å². The lowest BCUT2D eigenvalue weighted by Gasteiger charge is -2.32. The number of nitrogens with one attached hydrogen (secondary N) is 2. The van der Waals surface area contributed by atoms with E-state index >= 15 is 0 Å². The van der Waals surface area contributed by atoms with Gasteiger partial charge in [0.05, 0.1) is 5.69 Å². The Morgan fingerprint density at radius 2 is 2.04 bits per heavy atom. The fourth-order valence-corrected chi connectivity index (χ4v) is 3.27. The predicted molar refractivity (Wildman–Crippen MR) is 98.5 cm³/mol. The molecule has 0 unspecified atom stereocenters. The molecular formula is C18H33N5O. The summed E-state index contributed by atoms with van der Waals surface area (Å²) in [5.41, 5.74) is 2.16. The highest BCUT2D eigenvalue weighted by Gasteiger charge is 2.19. The SMILES string of the molecule is CCCN1CCC(NC(=NCCc2c(C)noc2C)NCC)CC1. The Hall–Kier alpha value is -1.56. The van der Waals surface area contributed by atoms with Gasteiger partial charge in [0.1, 0.15) is 5.76 Å². The molecule has 0 aromatic carbocycles. The number of guanidine groups is 1. The number of aromatic nitrogens is 1. The molecule has 0 atom stereocenters. The Balaban J connectivity index is 1.83. The highest BCUT2D eigenvalue weighted by atomic mass is 16.5. The van der Waals surface area contributed by atoms with Gasteiger partial charge in [-0.2, -0.15) is 0 Å². The maximum Gasteiger partial charge on any atom is 0.191 e. The molecule has 0 saturated carbocycles. The number of hydrogen-bond donors (Lipinski definition) is 2. The lowest BCUT2D eigenvalue weighted by atomic mass is 10.1. The molecule has 0 bridgehead atoms. The van der Waals surface area contributed by atoms with Crippen molar-refractivity contribution in [1.82, 2.24) is 20.7 Å². The number of piperidine rings is 1. The zero-order valence-electron chi connectivity index (χ0n) is 15.7. The minimum Gasteiger partial charge on any atom is -0.361 e. The van der Waals surface area contributed by atoms with E-state index in [0.717, 1.165) is 36.9 Å². The minimum atomic E-state index is 0.523. The third kappa shape index (κ3) is 5.51. The van der Waals surface area contributed by atoms with Gasteiger partial charge in [-0.1, -0.05) is 12.1 Å². The molecule has 1 aromatic rings. The third-order valence-corrected chi connectivity index (χ3v) is 4.63. The number of aliphatic imine (C=N–C) groups is 1. The minimum absolute atomic E-state index is 0.523. The van der Waals surface area contributed by atoms with Crippen molar-refractivity contribution < 1.29 is 4.52 Å². The number of hydrogen-bond acceptors (Lipinski definition) is 4. The van der Waals surface area contributed by atoms with E-state index in [1.807, 2.05) is 13.8 Å². The van der Waals surface area contributed by atoms with Crippen LogP contribution in [0.25, 0.3) is 0 Å². The highest BCUT2D eigenvalue weighted by Crippen LogP contribution is 2.13. The Bertz CT molecular complexity index is 498. The summed E-state index contributed by atoms with van der Waals surface area (Å²) < 4.78 is 5.22. The van der Waals surface area contributed by atoms with Gasteiger partial charge in [-0.3, -0.25) is 4.99 Å². The second-order valence-electron chi connectivity index (χ2n) is 6.57. The van der Waals surface area contributed by atoms with Crippen LogP contribution in [0.4, 0.5) is 0 Å². The molecule has 2 rings (SSSR count). The Kier molecular flexibility index (Phi) is 7.56. The van der Waals surface area contributed by atoms with Gasteiger partial charge in [0.2, 0.25) is 0 Å². The summed E-state index contributed by atoms with van der Waals surface area (Å²) in [6.07, 6.45) is 4.49. The van der Waals surface area contributed by atoms with Crippen molar-refractivity contribution in [3.05, 3.63) is 17.0 Å².